The van der Waals surface area contributed by atoms with Crippen molar-refractivity contribution in [3.05, 3.63) is 23.3 Å². The van der Waals surface area contributed by atoms with Gasteiger partial charge in [0.05, 0.1) is 0 Å². The van der Waals surface area contributed by atoms with Crippen LogP contribution < -0.4 is 34.0 Å². The molecule has 65 valence electrons. The number of rotatable bonds is 0. The quantitative estimate of drug-likeness (QED) is 0.336. The van der Waals surface area contributed by atoms with Crippen LogP contribution in [-0.2, 0) is 24.4 Å². The fourth-order valence-electron chi connectivity index (χ4n) is 1.83. The van der Waals surface area contributed by atoms with Crippen molar-refractivity contribution in [2.75, 3.05) is 0 Å². The maximum atomic E-state index is 2.40. The van der Waals surface area contributed by atoms with Crippen molar-refractivity contribution in [1.29, 1.82) is 0 Å². The van der Waals surface area contributed by atoms with E-state index in [1.54, 1.807) is 11.1 Å². The Bertz CT molecular complexity index is 209. The van der Waals surface area contributed by atoms with Crippen molar-refractivity contribution in [3.63, 3.8) is 0 Å². The van der Waals surface area contributed by atoms with E-state index in [1.807, 2.05) is 0 Å². The van der Waals surface area contributed by atoms with Crippen LogP contribution >= 0.6 is 0 Å². The molecular weight excluding hydrogens is 446 g/mol. The van der Waals surface area contributed by atoms with Gasteiger partial charge < -0.3 is 34.0 Å². The van der Waals surface area contributed by atoms with Gasteiger partial charge in [-0.05, 0) is 0 Å². The molecule has 0 aromatic carbocycles. The monoisotopic (exact) mass is 457 g/mol. The Morgan fingerprint density at radius 2 is 1.83 bits per heavy atom. The molecule has 2 aliphatic carbocycles. The van der Waals surface area contributed by atoms with Crippen molar-refractivity contribution < 1.29 is 58.3 Å². The van der Waals surface area contributed by atoms with Gasteiger partial charge in [0.2, 0.25) is 0 Å². The summed E-state index contributed by atoms with van der Waals surface area (Å²) < 4.78 is 0.898. The van der Waals surface area contributed by atoms with Crippen molar-refractivity contribution >= 4 is 0 Å². The number of halogens is 2. The van der Waals surface area contributed by atoms with Gasteiger partial charge in [0.15, 0.2) is 0 Å². The molecule has 0 amide bonds. The third-order valence-corrected chi connectivity index (χ3v) is 4.36. The van der Waals surface area contributed by atoms with E-state index >= 15 is 0 Å². The van der Waals surface area contributed by atoms with Crippen LogP contribution in [0.4, 0.5) is 0 Å². The Labute approximate surface area is 110 Å². The van der Waals surface area contributed by atoms with Gasteiger partial charge in [-0.1, -0.05) is 0 Å². The fourth-order valence-corrected chi connectivity index (χ4v) is 3.36. The molecule has 0 nitrogen and oxygen atoms in total. The summed E-state index contributed by atoms with van der Waals surface area (Å²) in [6.07, 6.45) is 10.4. The van der Waals surface area contributed by atoms with Crippen LogP contribution in [0, 0.1) is 0 Å². The number of hydrogen-bond acceptors (Lipinski definition) is 0. The Morgan fingerprint density at radius 3 is 2.50 bits per heavy atom. The van der Waals surface area contributed by atoms with Gasteiger partial charge in [-0.15, -0.1) is 0 Å². The van der Waals surface area contributed by atoms with Crippen LogP contribution in [-0.4, -0.2) is 0 Å². The molecule has 0 fully saturated rings. The average molecular weight is 457 g/mol. The molecule has 2 rings (SSSR count). The molecule has 12 heavy (non-hydrogen) atoms. The summed E-state index contributed by atoms with van der Waals surface area (Å²) in [5.74, 6) is 0. The van der Waals surface area contributed by atoms with Crippen LogP contribution in [0.5, 0.6) is 0 Å². The molecule has 0 aliphatic heterocycles. The second-order valence-corrected chi connectivity index (χ2v) is 5.33. The minimum atomic E-state index is 0. The zero-order chi connectivity index (χ0) is 6.97. The molecule has 1 atom stereocenters. The van der Waals surface area contributed by atoms with Crippen LogP contribution in [0.25, 0.3) is 0 Å². The summed E-state index contributed by atoms with van der Waals surface area (Å²) in [5.41, 5.74) is 3.48. The Morgan fingerprint density at radius 1 is 1.17 bits per heavy atom. The van der Waals surface area contributed by atoms with E-state index in [4.69, 9.17) is 0 Å². The van der Waals surface area contributed by atoms with Gasteiger partial charge >= 0.3 is 77.0 Å². The molecule has 2 aliphatic rings. The zero-order valence-corrected chi connectivity index (χ0v) is 13.6. The van der Waals surface area contributed by atoms with Gasteiger partial charge in [0, 0.05) is 0 Å². The van der Waals surface area contributed by atoms with Gasteiger partial charge in [-0.2, -0.15) is 0 Å². The number of allylic oxidation sites excluding steroid dienone is 4. The SMILES string of the molecule is [Br-].[Br-].[Hf+2][CH]1C=CC2=C1CCCC2. The van der Waals surface area contributed by atoms with Crippen molar-refractivity contribution in [3.8, 4) is 0 Å². The van der Waals surface area contributed by atoms with Gasteiger partial charge in [0.25, 0.3) is 0 Å². The predicted octanol–water partition coefficient (Wildman–Crippen LogP) is -3.23. The predicted molar refractivity (Wildman–Crippen MR) is 38.4 cm³/mol. The minimum absolute atomic E-state index is 0. The summed E-state index contributed by atoms with van der Waals surface area (Å²) >= 11 is 1.33. The Kier molecular flexibility index (Phi) is 6.57. The molecule has 1 unspecified atom stereocenters. The van der Waals surface area contributed by atoms with Crippen molar-refractivity contribution in [1.82, 2.24) is 0 Å². The molecule has 0 saturated carbocycles. The molecule has 0 N–H and O–H groups in total. The maximum absolute atomic E-state index is 2.40. The first-order valence-electron chi connectivity index (χ1n) is 3.99. The van der Waals surface area contributed by atoms with Crippen LogP contribution in [0.15, 0.2) is 23.3 Å². The van der Waals surface area contributed by atoms with E-state index in [0.29, 0.717) is 0 Å². The van der Waals surface area contributed by atoms with E-state index in [2.05, 4.69) is 12.2 Å². The van der Waals surface area contributed by atoms with Gasteiger partial charge in [0.1, 0.15) is 0 Å². The van der Waals surface area contributed by atoms with E-state index in [1.165, 1.54) is 50.1 Å². The Hall–Kier alpha value is 1.31. The molecule has 0 aromatic heterocycles. The molecule has 0 heterocycles. The second kappa shape index (κ2) is 5.92. The summed E-state index contributed by atoms with van der Waals surface area (Å²) in [6, 6.07) is 0. The number of hydrogen-bond donors (Lipinski definition) is 0. The van der Waals surface area contributed by atoms with E-state index in [9.17, 15) is 0 Å². The third kappa shape index (κ3) is 2.65. The summed E-state index contributed by atoms with van der Waals surface area (Å²) in [7, 11) is 0. The van der Waals surface area contributed by atoms with E-state index < -0.39 is 0 Å². The second-order valence-electron chi connectivity index (χ2n) is 3.09. The van der Waals surface area contributed by atoms with Crippen molar-refractivity contribution in [2.45, 2.75) is 29.4 Å². The fraction of sp³-hybridized carbons (Fsp3) is 0.556. The van der Waals surface area contributed by atoms with E-state index in [0.717, 1.165) is 3.67 Å². The molecule has 0 spiro atoms. The van der Waals surface area contributed by atoms with Gasteiger partial charge in [-0.25, -0.2) is 0 Å². The Balaban J connectivity index is 0.000000605. The first-order chi connectivity index (χ1) is 4.88. The van der Waals surface area contributed by atoms with Gasteiger partial charge in [-0.3, -0.25) is 0 Å². The standard InChI is InChI=1S/C9H11.2BrH.Hf/c1-2-5-9-7-3-6-8(9)4-1;;;/h3,6-7H,1-2,4-5H2;2*1H;/q;;;+2/p-2. The first kappa shape index (κ1) is 13.3. The molecule has 3 heteroatoms. The average Bonchev–Trinajstić information content (AvgIpc) is 2.34. The van der Waals surface area contributed by atoms with E-state index in [-0.39, 0.29) is 34.0 Å². The van der Waals surface area contributed by atoms with Crippen LogP contribution in [0.2, 0.25) is 3.67 Å². The van der Waals surface area contributed by atoms with Crippen LogP contribution in [0.1, 0.15) is 25.7 Å². The van der Waals surface area contributed by atoms with Crippen molar-refractivity contribution in [2.24, 2.45) is 0 Å². The molecule has 0 aromatic rings. The zero-order valence-electron chi connectivity index (χ0n) is 6.82. The topological polar surface area (TPSA) is 0 Å². The van der Waals surface area contributed by atoms with Crippen LogP contribution in [0.3, 0.4) is 0 Å². The molecule has 0 bridgehead atoms. The molecule has 0 radical (unpaired) electrons. The summed E-state index contributed by atoms with van der Waals surface area (Å²) in [5, 5.41) is 0. The summed E-state index contributed by atoms with van der Waals surface area (Å²) in [4.78, 5) is 0. The normalized spacial score (nSPS) is 26.0. The summed E-state index contributed by atoms with van der Waals surface area (Å²) in [6.45, 7) is 0. The molecular formula is C9H11Br2Hf. The first-order valence-corrected chi connectivity index (χ1v) is 6.06. The third-order valence-electron chi connectivity index (χ3n) is 2.42. The molecule has 0 saturated heterocycles.